The number of primary amides is 1. The summed E-state index contributed by atoms with van der Waals surface area (Å²) >= 11 is 18.8. The first-order valence-electron chi connectivity index (χ1n) is 10.0. The van der Waals surface area contributed by atoms with E-state index in [9.17, 15) is 4.79 Å². The summed E-state index contributed by atoms with van der Waals surface area (Å²) in [7, 11) is 0. The molecule has 5 nitrogen and oxygen atoms in total. The Balaban J connectivity index is 0.000000821. The average molecular weight is 499 g/mol. The molecule has 8 heteroatoms. The third-order valence-corrected chi connectivity index (χ3v) is 6.54. The van der Waals surface area contributed by atoms with E-state index in [0.29, 0.717) is 20.8 Å². The molecule has 0 bridgehead atoms. The third-order valence-electron chi connectivity index (χ3n) is 5.47. The largest absolute Gasteiger partial charge is 0.372 e. The maximum Gasteiger partial charge on any atom is 0.204 e. The van der Waals surface area contributed by atoms with Crippen molar-refractivity contribution >= 4 is 47.5 Å². The molecule has 0 unspecified atom stereocenters. The summed E-state index contributed by atoms with van der Waals surface area (Å²) in [6, 6.07) is 19.5. The highest BCUT2D eigenvalue weighted by atomic mass is 35.5. The Morgan fingerprint density at radius 1 is 0.848 bits per heavy atom. The Morgan fingerprint density at radius 2 is 1.61 bits per heavy atom. The van der Waals surface area contributed by atoms with E-state index in [4.69, 9.17) is 39.6 Å². The number of aldehydes is 1. The second-order valence-electron chi connectivity index (χ2n) is 7.33. The van der Waals surface area contributed by atoms with Crippen LogP contribution in [0.3, 0.4) is 0 Å². The van der Waals surface area contributed by atoms with E-state index in [1.807, 2.05) is 30.3 Å². The number of hydrogen-bond donors (Lipinski definition) is 1. The van der Waals surface area contributed by atoms with E-state index in [-0.39, 0.29) is 6.41 Å². The average Bonchev–Trinajstić information content (AvgIpc) is 3.21. The topological polar surface area (TPSA) is 78.0 Å². The quantitative estimate of drug-likeness (QED) is 0.343. The molecule has 0 atom stereocenters. The van der Waals surface area contributed by atoms with Gasteiger partial charge >= 0.3 is 0 Å². The molecule has 3 aromatic carbocycles. The van der Waals surface area contributed by atoms with Gasteiger partial charge < -0.3 is 5.73 Å². The first-order valence-corrected chi connectivity index (χ1v) is 11.2. The van der Waals surface area contributed by atoms with Gasteiger partial charge in [0.15, 0.2) is 6.29 Å². The maximum absolute atomic E-state index is 11.7. The number of benzene rings is 3. The van der Waals surface area contributed by atoms with Crippen molar-refractivity contribution in [1.82, 2.24) is 9.78 Å². The lowest BCUT2D eigenvalue weighted by Crippen LogP contribution is -2.07. The SMILES string of the molecule is NC=O.O=Cc1nn(-c2ccc(Cl)c(Cl)c2)c2c1CCc1ccc(-c3ccccc3Cl)cc1-2. The molecule has 1 aliphatic carbocycles. The highest BCUT2D eigenvalue weighted by molar-refractivity contribution is 6.42. The predicted octanol–water partition coefficient (Wildman–Crippen LogP) is 6.18. The number of fused-ring (bicyclic) bond motifs is 3. The summed E-state index contributed by atoms with van der Waals surface area (Å²) in [5.74, 6) is 0. The minimum atomic E-state index is 0.250. The maximum atomic E-state index is 11.7. The van der Waals surface area contributed by atoms with Crippen LogP contribution in [0.1, 0.15) is 21.6 Å². The summed E-state index contributed by atoms with van der Waals surface area (Å²) in [6.07, 6.45) is 2.66. The van der Waals surface area contributed by atoms with Crippen LogP contribution in [0.5, 0.6) is 0 Å². The molecule has 5 rings (SSSR count). The standard InChI is InChI=1S/C24H15Cl3N2O.CH3NO/c25-20-4-2-1-3-17(20)15-6-5-14-7-9-18-23(13-30)28-29(24(18)19(14)11-15)16-8-10-21(26)22(27)12-16;2-1-3/h1-6,8,10-13H,7,9H2;1H,(H2,2,3). The Hall–Kier alpha value is -3.12. The van der Waals surface area contributed by atoms with Crippen LogP contribution in [0.4, 0.5) is 0 Å². The van der Waals surface area contributed by atoms with E-state index in [0.717, 1.165) is 52.8 Å². The number of amides is 1. The Bertz CT molecular complexity index is 1370. The van der Waals surface area contributed by atoms with Gasteiger partial charge in [-0.1, -0.05) is 65.1 Å². The molecule has 0 radical (unpaired) electrons. The van der Waals surface area contributed by atoms with Crippen LogP contribution in [-0.2, 0) is 17.6 Å². The minimum absolute atomic E-state index is 0.250. The van der Waals surface area contributed by atoms with Gasteiger partial charge in [-0.3, -0.25) is 9.59 Å². The summed E-state index contributed by atoms with van der Waals surface area (Å²) in [5.41, 5.74) is 11.4. The van der Waals surface area contributed by atoms with E-state index in [1.54, 1.807) is 16.8 Å². The number of aromatic nitrogens is 2. The number of rotatable bonds is 3. The van der Waals surface area contributed by atoms with E-state index < -0.39 is 0 Å². The van der Waals surface area contributed by atoms with E-state index in [1.165, 1.54) is 5.56 Å². The van der Waals surface area contributed by atoms with Crippen LogP contribution < -0.4 is 5.73 Å². The second-order valence-corrected chi connectivity index (χ2v) is 8.55. The molecular formula is C25H18Cl3N3O2. The highest BCUT2D eigenvalue weighted by Crippen LogP contribution is 2.40. The smallest absolute Gasteiger partial charge is 0.204 e. The van der Waals surface area contributed by atoms with Gasteiger partial charge in [0.2, 0.25) is 6.41 Å². The first kappa shape index (κ1) is 23.1. The van der Waals surface area contributed by atoms with Gasteiger partial charge in [-0.05, 0) is 54.3 Å². The molecule has 2 N–H and O–H groups in total. The molecule has 166 valence electrons. The lowest BCUT2D eigenvalue weighted by molar-refractivity contribution is -0.106. The zero-order valence-corrected chi connectivity index (χ0v) is 19.5. The minimum Gasteiger partial charge on any atom is -0.372 e. The van der Waals surface area contributed by atoms with E-state index >= 15 is 0 Å². The molecule has 4 aromatic rings. The van der Waals surface area contributed by atoms with Gasteiger partial charge in [0.1, 0.15) is 5.69 Å². The lowest BCUT2D eigenvalue weighted by atomic mass is 9.87. The Morgan fingerprint density at radius 3 is 2.30 bits per heavy atom. The number of aryl methyl sites for hydroxylation is 1. The number of nitrogens with zero attached hydrogens (tertiary/aromatic N) is 2. The van der Waals surface area contributed by atoms with Crippen LogP contribution >= 0.6 is 34.8 Å². The lowest BCUT2D eigenvalue weighted by Gasteiger charge is -2.20. The van der Waals surface area contributed by atoms with Crippen LogP contribution in [0.15, 0.2) is 60.7 Å². The number of nitrogens with two attached hydrogens (primary N) is 1. The van der Waals surface area contributed by atoms with Crippen LogP contribution in [0, 0.1) is 0 Å². The van der Waals surface area contributed by atoms with Crippen molar-refractivity contribution in [3.8, 4) is 28.1 Å². The van der Waals surface area contributed by atoms with Crippen molar-refractivity contribution in [2.24, 2.45) is 5.73 Å². The number of halogens is 3. The number of carbonyl (C=O) groups is 2. The normalized spacial score (nSPS) is 11.6. The molecule has 0 fully saturated rings. The van der Waals surface area contributed by atoms with Crippen molar-refractivity contribution in [1.29, 1.82) is 0 Å². The number of hydrogen-bond acceptors (Lipinski definition) is 3. The van der Waals surface area contributed by atoms with Crippen molar-refractivity contribution < 1.29 is 9.59 Å². The monoisotopic (exact) mass is 497 g/mol. The summed E-state index contributed by atoms with van der Waals surface area (Å²) in [4.78, 5) is 20.3. The van der Waals surface area contributed by atoms with Gasteiger partial charge in [-0.15, -0.1) is 0 Å². The van der Waals surface area contributed by atoms with Crippen LogP contribution in [0.25, 0.3) is 28.1 Å². The van der Waals surface area contributed by atoms with Crippen molar-refractivity contribution in [2.45, 2.75) is 12.8 Å². The molecule has 0 spiro atoms. The molecule has 0 aliphatic heterocycles. The van der Waals surface area contributed by atoms with Crippen molar-refractivity contribution in [3.63, 3.8) is 0 Å². The Kier molecular flexibility index (Phi) is 6.84. The molecule has 33 heavy (non-hydrogen) atoms. The van der Waals surface area contributed by atoms with Crippen molar-refractivity contribution in [2.75, 3.05) is 0 Å². The third kappa shape index (κ3) is 4.40. The second kappa shape index (κ2) is 9.79. The van der Waals surface area contributed by atoms with Crippen molar-refractivity contribution in [3.05, 3.63) is 92.6 Å². The fourth-order valence-electron chi connectivity index (χ4n) is 4.03. The zero-order chi connectivity index (χ0) is 23.5. The van der Waals surface area contributed by atoms with Gasteiger partial charge in [0.25, 0.3) is 0 Å². The van der Waals surface area contributed by atoms with Crippen LogP contribution in [-0.4, -0.2) is 22.5 Å². The number of carbonyl (C=O) groups excluding carboxylic acids is 2. The molecular weight excluding hydrogens is 481 g/mol. The van der Waals surface area contributed by atoms with Gasteiger partial charge in [0, 0.05) is 21.7 Å². The summed E-state index contributed by atoms with van der Waals surface area (Å²) < 4.78 is 1.79. The summed E-state index contributed by atoms with van der Waals surface area (Å²) in [6.45, 7) is 0. The summed E-state index contributed by atoms with van der Waals surface area (Å²) in [5, 5.41) is 6.19. The highest BCUT2D eigenvalue weighted by Gasteiger charge is 2.26. The fourth-order valence-corrected chi connectivity index (χ4v) is 4.56. The van der Waals surface area contributed by atoms with Gasteiger partial charge in [-0.2, -0.15) is 5.10 Å². The fraction of sp³-hybridized carbons (Fsp3) is 0.0800. The first-order chi connectivity index (χ1) is 16.0. The van der Waals surface area contributed by atoms with E-state index in [2.05, 4.69) is 29.0 Å². The molecule has 0 saturated heterocycles. The van der Waals surface area contributed by atoms with Crippen LogP contribution in [0.2, 0.25) is 15.1 Å². The predicted molar refractivity (Wildman–Crippen MR) is 133 cm³/mol. The molecule has 1 amide bonds. The molecule has 0 saturated carbocycles. The van der Waals surface area contributed by atoms with Gasteiger partial charge in [-0.25, -0.2) is 4.68 Å². The Labute approximate surface area is 205 Å². The molecule has 1 heterocycles. The molecule has 1 aromatic heterocycles. The molecule has 1 aliphatic rings. The van der Waals surface area contributed by atoms with Gasteiger partial charge in [0.05, 0.1) is 21.4 Å². The zero-order valence-electron chi connectivity index (χ0n) is 17.3.